The van der Waals surface area contributed by atoms with Gasteiger partial charge in [0.25, 0.3) is 0 Å². The molecule has 0 radical (unpaired) electrons. The first-order chi connectivity index (χ1) is 9.06. The largest absolute Gasteiger partial charge is 0.435 e. The smallest absolute Gasteiger partial charge is 0.387 e. The van der Waals surface area contributed by atoms with Crippen LogP contribution in [0.5, 0.6) is 5.75 Å². The monoisotopic (exact) mass is 270 g/mol. The maximum Gasteiger partial charge on any atom is 0.387 e. The summed E-state index contributed by atoms with van der Waals surface area (Å²) < 4.78 is 28.2. The van der Waals surface area contributed by atoms with Gasteiger partial charge in [0.1, 0.15) is 5.75 Å². The van der Waals surface area contributed by atoms with Crippen LogP contribution in [0.2, 0.25) is 0 Å². The zero-order chi connectivity index (χ0) is 13.8. The van der Waals surface area contributed by atoms with E-state index in [2.05, 4.69) is 15.4 Å². The number of rotatable bonds is 4. The lowest BCUT2D eigenvalue weighted by Gasteiger charge is -2.15. The molecule has 1 aliphatic heterocycles. The molecule has 0 aromatic heterocycles. The van der Waals surface area contributed by atoms with E-state index in [9.17, 15) is 13.6 Å². The normalized spacial score (nSPS) is 22.5. The minimum Gasteiger partial charge on any atom is -0.435 e. The van der Waals surface area contributed by atoms with Crippen molar-refractivity contribution in [2.24, 2.45) is 5.92 Å². The molecule has 1 aliphatic rings. The molecular weight excluding hydrogens is 254 g/mol. The molecular formula is C13H16F2N2O2. The maximum absolute atomic E-state index is 12.0. The Balaban J connectivity index is 1.93. The zero-order valence-corrected chi connectivity index (χ0v) is 10.5. The van der Waals surface area contributed by atoms with Crippen LogP contribution in [0.25, 0.3) is 0 Å². The number of carbonyl (C=O) groups is 1. The molecule has 2 unspecified atom stereocenters. The van der Waals surface area contributed by atoms with Crippen LogP contribution in [0.1, 0.15) is 13.3 Å². The van der Waals surface area contributed by atoms with Gasteiger partial charge in [-0.1, -0.05) is 6.92 Å². The van der Waals surface area contributed by atoms with Gasteiger partial charge in [-0.15, -0.1) is 0 Å². The van der Waals surface area contributed by atoms with Crippen LogP contribution in [-0.4, -0.2) is 25.1 Å². The fourth-order valence-corrected chi connectivity index (χ4v) is 2.13. The number of ether oxygens (including phenoxy) is 1. The molecule has 0 aliphatic carbocycles. The summed E-state index contributed by atoms with van der Waals surface area (Å²) in [6.45, 7) is 0.00789. The number of hydrogen-bond donors (Lipinski definition) is 2. The molecule has 6 heteroatoms. The van der Waals surface area contributed by atoms with E-state index in [0.717, 1.165) is 13.0 Å². The molecule has 19 heavy (non-hydrogen) atoms. The average molecular weight is 270 g/mol. The Bertz CT molecular complexity index is 437. The lowest BCUT2D eigenvalue weighted by atomic mass is 10.0. The summed E-state index contributed by atoms with van der Waals surface area (Å²) in [6.07, 6.45) is 0.971. The molecule has 2 N–H and O–H groups in total. The van der Waals surface area contributed by atoms with Crippen molar-refractivity contribution < 1.29 is 18.3 Å². The third kappa shape index (κ3) is 3.64. The maximum atomic E-state index is 12.0. The Morgan fingerprint density at radius 1 is 1.42 bits per heavy atom. The average Bonchev–Trinajstić information content (AvgIpc) is 2.77. The fraction of sp³-hybridized carbons (Fsp3) is 0.462. The predicted octanol–water partition coefficient (Wildman–Crippen LogP) is 2.22. The quantitative estimate of drug-likeness (QED) is 0.882. The number of carbonyl (C=O) groups excluding carboxylic acids is 1. The highest BCUT2D eigenvalue weighted by atomic mass is 19.3. The molecule has 1 amide bonds. The van der Waals surface area contributed by atoms with Gasteiger partial charge in [-0.25, -0.2) is 0 Å². The first-order valence-electron chi connectivity index (χ1n) is 6.15. The molecule has 1 fully saturated rings. The van der Waals surface area contributed by atoms with Crippen LogP contribution in [0, 0.1) is 5.92 Å². The summed E-state index contributed by atoms with van der Waals surface area (Å²) in [5.74, 6) is 0.259. The Labute approximate surface area is 110 Å². The molecule has 1 heterocycles. The zero-order valence-electron chi connectivity index (χ0n) is 10.5. The lowest BCUT2D eigenvalue weighted by molar-refractivity contribution is -0.118. The molecule has 0 saturated carbocycles. The molecule has 1 aromatic carbocycles. The van der Waals surface area contributed by atoms with Crippen molar-refractivity contribution in [2.75, 3.05) is 11.9 Å². The molecule has 104 valence electrons. The number of amides is 1. The highest BCUT2D eigenvalue weighted by Gasteiger charge is 2.29. The van der Waals surface area contributed by atoms with Crippen LogP contribution in [0.3, 0.4) is 0 Å². The predicted molar refractivity (Wildman–Crippen MR) is 67.3 cm³/mol. The first-order valence-corrected chi connectivity index (χ1v) is 6.15. The summed E-state index contributed by atoms with van der Waals surface area (Å²) in [4.78, 5) is 12.0. The van der Waals surface area contributed by atoms with Crippen LogP contribution in [0.15, 0.2) is 24.3 Å². The van der Waals surface area contributed by atoms with E-state index in [0.29, 0.717) is 11.6 Å². The van der Waals surface area contributed by atoms with Crippen LogP contribution in [-0.2, 0) is 4.79 Å². The Kier molecular flexibility index (Phi) is 4.31. The Hall–Kier alpha value is -1.69. The van der Waals surface area contributed by atoms with Crippen molar-refractivity contribution in [2.45, 2.75) is 26.0 Å². The van der Waals surface area contributed by atoms with Gasteiger partial charge in [-0.05, 0) is 43.1 Å². The van der Waals surface area contributed by atoms with Gasteiger partial charge in [0.05, 0.1) is 6.04 Å². The molecule has 0 spiro atoms. The van der Waals surface area contributed by atoms with Gasteiger partial charge in [0, 0.05) is 5.69 Å². The standard InChI is InChI=1S/C13H16F2N2O2/c1-8-6-7-16-11(8)12(18)17-9-2-4-10(5-3-9)19-13(14)15/h2-5,8,11,13,16H,6-7H2,1H3,(H,17,18). The van der Waals surface area contributed by atoms with Gasteiger partial charge >= 0.3 is 6.61 Å². The van der Waals surface area contributed by atoms with Crippen molar-refractivity contribution >= 4 is 11.6 Å². The number of anilines is 1. The third-order valence-electron chi connectivity index (χ3n) is 3.16. The van der Waals surface area contributed by atoms with Crippen LogP contribution < -0.4 is 15.4 Å². The summed E-state index contributed by atoms with van der Waals surface area (Å²) in [7, 11) is 0. The third-order valence-corrected chi connectivity index (χ3v) is 3.16. The number of halogens is 2. The summed E-state index contributed by atoms with van der Waals surface area (Å²) in [5.41, 5.74) is 0.563. The molecule has 1 saturated heterocycles. The van der Waals surface area contributed by atoms with Gasteiger partial charge in [0.2, 0.25) is 5.91 Å². The van der Waals surface area contributed by atoms with Crippen molar-refractivity contribution in [1.29, 1.82) is 0 Å². The van der Waals surface area contributed by atoms with Crippen molar-refractivity contribution in [1.82, 2.24) is 5.32 Å². The van der Waals surface area contributed by atoms with Crippen molar-refractivity contribution in [3.63, 3.8) is 0 Å². The number of alkyl halides is 2. The van der Waals surface area contributed by atoms with E-state index in [1.165, 1.54) is 24.3 Å². The van der Waals surface area contributed by atoms with Crippen LogP contribution in [0.4, 0.5) is 14.5 Å². The first kappa shape index (κ1) is 13.7. The molecule has 2 atom stereocenters. The highest BCUT2D eigenvalue weighted by molar-refractivity contribution is 5.95. The van der Waals surface area contributed by atoms with Gasteiger partial charge in [-0.2, -0.15) is 8.78 Å². The van der Waals surface area contributed by atoms with Gasteiger partial charge in [0.15, 0.2) is 0 Å². The van der Waals surface area contributed by atoms with E-state index in [1.807, 2.05) is 6.92 Å². The van der Waals surface area contributed by atoms with Gasteiger partial charge in [-0.3, -0.25) is 4.79 Å². The molecule has 1 aromatic rings. The number of benzene rings is 1. The Morgan fingerprint density at radius 2 is 2.11 bits per heavy atom. The molecule has 4 nitrogen and oxygen atoms in total. The van der Waals surface area contributed by atoms with Gasteiger partial charge < -0.3 is 15.4 Å². The minimum absolute atomic E-state index is 0.0698. The van der Waals surface area contributed by atoms with Crippen LogP contribution >= 0.6 is 0 Å². The van der Waals surface area contributed by atoms with Crippen molar-refractivity contribution in [3.05, 3.63) is 24.3 Å². The van der Waals surface area contributed by atoms with E-state index in [1.54, 1.807) is 0 Å². The topological polar surface area (TPSA) is 50.4 Å². The van der Waals surface area contributed by atoms with E-state index >= 15 is 0 Å². The summed E-state index contributed by atoms with van der Waals surface area (Å²) >= 11 is 0. The number of hydrogen-bond acceptors (Lipinski definition) is 3. The summed E-state index contributed by atoms with van der Waals surface area (Å²) in [6, 6.07) is 5.67. The summed E-state index contributed by atoms with van der Waals surface area (Å²) in [5, 5.41) is 5.88. The molecule has 0 bridgehead atoms. The lowest BCUT2D eigenvalue weighted by Crippen LogP contribution is -2.39. The SMILES string of the molecule is CC1CCNC1C(=O)Nc1ccc(OC(F)F)cc1. The van der Waals surface area contributed by atoms with E-state index < -0.39 is 6.61 Å². The second-order valence-electron chi connectivity index (χ2n) is 4.59. The fourth-order valence-electron chi connectivity index (χ4n) is 2.13. The molecule has 2 rings (SSSR count). The van der Waals surface area contributed by atoms with E-state index in [-0.39, 0.29) is 17.7 Å². The second kappa shape index (κ2) is 5.97. The Morgan fingerprint density at radius 3 is 2.63 bits per heavy atom. The van der Waals surface area contributed by atoms with Crippen molar-refractivity contribution in [3.8, 4) is 5.75 Å². The number of nitrogens with one attached hydrogen (secondary N) is 2. The minimum atomic E-state index is -2.84. The van der Waals surface area contributed by atoms with E-state index in [4.69, 9.17) is 0 Å². The highest BCUT2D eigenvalue weighted by Crippen LogP contribution is 2.20. The second-order valence-corrected chi connectivity index (χ2v) is 4.59.